The van der Waals surface area contributed by atoms with Gasteiger partial charge in [-0.1, -0.05) is 19.3 Å². The maximum Gasteiger partial charge on any atom is 0.214 e. The molecule has 1 saturated carbocycles. The van der Waals surface area contributed by atoms with Gasteiger partial charge in [0, 0.05) is 26.2 Å². The van der Waals surface area contributed by atoms with E-state index < -0.39 is 0 Å². The highest BCUT2D eigenvalue weighted by molar-refractivity contribution is 14.0. The maximum absolute atomic E-state index is 5.57. The average molecular weight is 449 g/mol. The molecule has 0 saturated heterocycles. The quantitative estimate of drug-likeness (QED) is 0.397. The molecule has 24 heavy (non-hydrogen) atoms. The van der Waals surface area contributed by atoms with Crippen LogP contribution in [0.15, 0.2) is 9.41 Å². The first kappa shape index (κ1) is 21.2. The molecule has 2 N–H and O–H groups in total. The van der Waals surface area contributed by atoms with Crippen molar-refractivity contribution in [1.82, 2.24) is 20.5 Å². The Bertz CT molecular complexity index is 492. The molecule has 1 aliphatic carbocycles. The molecule has 0 aliphatic heterocycles. The van der Waals surface area contributed by atoms with Gasteiger partial charge >= 0.3 is 0 Å². The van der Waals surface area contributed by atoms with Crippen LogP contribution in [0, 0.1) is 13.8 Å². The third kappa shape index (κ3) is 6.58. The van der Waals surface area contributed by atoms with Gasteiger partial charge in [-0.15, -0.1) is 24.0 Å². The lowest BCUT2D eigenvalue weighted by atomic mass is 9.94. The van der Waals surface area contributed by atoms with Gasteiger partial charge < -0.3 is 20.0 Å². The Morgan fingerprint density at radius 1 is 1.25 bits per heavy atom. The molecule has 0 radical (unpaired) electrons. The number of aryl methyl sites for hydroxylation is 2. The second-order valence-electron chi connectivity index (χ2n) is 6.37. The van der Waals surface area contributed by atoms with E-state index in [4.69, 9.17) is 4.42 Å². The molecule has 1 fully saturated rings. The van der Waals surface area contributed by atoms with Crippen LogP contribution in [0.1, 0.15) is 49.4 Å². The number of halogens is 1. The number of aromatic nitrogens is 1. The van der Waals surface area contributed by atoms with Crippen molar-refractivity contribution in [1.29, 1.82) is 0 Å². The first-order valence-electron chi connectivity index (χ1n) is 8.68. The summed E-state index contributed by atoms with van der Waals surface area (Å²) in [4.78, 5) is 11.1. The average Bonchev–Trinajstić information content (AvgIpc) is 2.89. The molecule has 0 amide bonds. The van der Waals surface area contributed by atoms with Crippen molar-refractivity contribution in [3.8, 4) is 0 Å². The summed E-state index contributed by atoms with van der Waals surface area (Å²) in [6.07, 6.45) is 6.83. The number of nitrogens with one attached hydrogen (secondary N) is 2. The Labute approximate surface area is 162 Å². The van der Waals surface area contributed by atoms with E-state index >= 15 is 0 Å². The number of rotatable bonds is 6. The third-order valence-corrected chi connectivity index (χ3v) is 4.66. The van der Waals surface area contributed by atoms with Gasteiger partial charge in [0.25, 0.3) is 0 Å². The highest BCUT2D eigenvalue weighted by Crippen LogP contribution is 2.21. The highest BCUT2D eigenvalue weighted by Gasteiger charge is 2.17. The zero-order valence-corrected chi connectivity index (χ0v) is 17.7. The summed E-state index contributed by atoms with van der Waals surface area (Å²) in [6.45, 7) is 6.35. The lowest BCUT2D eigenvalue weighted by Crippen LogP contribution is -2.43. The van der Waals surface area contributed by atoms with Crippen LogP contribution in [0.25, 0.3) is 0 Å². The number of nitrogens with zero attached hydrogens (tertiary/aromatic N) is 3. The number of hydrogen-bond acceptors (Lipinski definition) is 4. The number of likely N-dealkylation sites (N-methyl/N-ethyl adjacent to an activating group) is 1. The maximum atomic E-state index is 5.57. The van der Waals surface area contributed by atoms with Crippen molar-refractivity contribution in [2.75, 3.05) is 27.2 Å². The Balaban J connectivity index is 0.00000288. The predicted molar refractivity (Wildman–Crippen MR) is 109 cm³/mol. The predicted octanol–water partition coefficient (Wildman–Crippen LogP) is 2.84. The van der Waals surface area contributed by atoms with E-state index in [9.17, 15) is 0 Å². The highest BCUT2D eigenvalue weighted by atomic mass is 127. The van der Waals surface area contributed by atoms with Crippen molar-refractivity contribution in [3.05, 3.63) is 17.3 Å². The van der Waals surface area contributed by atoms with Gasteiger partial charge in [0.1, 0.15) is 5.76 Å². The summed E-state index contributed by atoms with van der Waals surface area (Å²) in [7, 11) is 4.01. The zero-order chi connectivity index (χ0) is 16.7. The second kappa shape index (κ2) is 10.9. The van der Waals surface area contributed by atoms with E-state index in [2.05, 4.69) is 32.6 Å². The van der Waals surface area contributed by atoms with E-state index in [0.717, 1.165) is 36.5 Å². The summed E-state index contributed by atoms with van der Waals surface area (Å²) in [5, 5.41) is 6.60. The van der Waals surface area contributed by atoms with E-state index in [0.29, 0.717) is 12.4 Å². The monoisotopic (exact) mass is 449 g/mol. The van der Waals surface area contributed by atoms with Crippen LogP contribution < -0.4 is 10.6 Å². The Kier molecular flexibility index (Phi) is 9.65. The molecule has 1 heterocycles. The normalized spacial score (nSPS) is 16.1. The van der Waals surface area contributed by atoms with Gasteiger partial charge in [-0.05, 0) is 33.7 Å². The molecule has 1 aromatic heterocycles. The number of hydrogen-bond donors (Lipinski definition) is 2. The molecule has 0 bridgehead atoms. The van der Waals surface area contributed by atoms with Crippen LogP contribution in [0.4, 0.5) is 0 Å². The number of oxazole rings is 1. The topological polar surface area (TPSA) is 65.7 Å². The van der Waals surface area contributed by atoms with E-state index in [1.165, 1.54) is 32.1 Å². The fraction of sp³-hybridized carbons (Fsp3) is 0.765. The van der Waals surface area contributed by atoms with E-state index in [1.807, 2.05) is 13.8 Å². The van der Waals surface area contributed by atoms with E-state index in [1.54, 1.807) is 7.05 Å². The van der Waals surface area contributed by atoms with Gasteiger partial charge in [-0.3, -0.25) is 4.99 Å². The first-order chi connectivity index (χ1) is 11.1. The molecule has 0 atom stereocenters. The first-order valence-corrected chi connectivity index (χ1v) is 8.68. The molecule has 1 aromatic rings. The molecule has 0 aromatic carbocycles. The fourth-order valence-electron chi connectivity index (χ4n) is 3.05. The van der Waals surface area contributed by atoms with Crippen LogP contribution >= 0.6 is 24.0 Å². The van der Waals surface area contributed by atoms with Crippen LogP contribution in [0.5, 0.6) is 0 Å². The minimum Gasteiger partial charge on any atom is -0.444 e. The van der Waals surface area contributed by atoms with Crippen LogP contribution in [-0.4, -0.2) is 49.1 Å². The van der Waals surface area contributed by atoms with Gasteiger partial charge in [-0.2, -0.15) is 0 Å². The molecule has 0 unspecified atom stereocenters. The lowest BCUT2D eigenvalue weighted by Gasteiger charge is -2.31. The lowest BCUT2D eigenvalue weighted by molar-refractivity contribution is 0.194. The largest absolute Gasteiger partial charge is 0.444 e. The summed E-state index contributed by atoms with van der Waals surface area (Å²) >= 11 is 0. The molecular weight excluding hydrogens is 417 g/mol. The number of aliphatic imine (C=N–C) groups is 1. The minimum atomic E-state index is 0. The summed E-state index contributed by atoms with van der Waals surface area (Å²) in [5.74, 6) is 2.36. The zero-order valence-electron chi connectivity index (χ0n) is 15.4. The molecule has 1 aliphatic rings. The van der Waals surface area contributed by atoms with Gasteiger partial charge in [0.2, 0.25) is 5.89 Å². The minimum absolute atomic E-state index is 0. The Hall–Kier alpha value is -0.830. The van der Waals surface area contributed by atoms with E-state index in [-0.39, 0.29) is 24.0 Å². The standard InChI is InChI=1S/C17H31N5O.HI/c1-13-14(2)23-16(21-13)12-20-17(18-3)19-10-11-22(4)15-8-6-5-7-9-15;/h15H,5-12H2,1-4H3,(H2,18,19,20);1H. The van der Waals surface area contributed by atoms with Crippen molar-refractivity contribution in [2.24, 2.45) is 4.99 Å². The smallest absolute Gasteiger partial charge is 0.214 e. The van der Waals surface area contributed by atoms with Crippen molar-refractivity contribution in [2.45, 2.75) is 58.5 Å². The van der Waals surface area contributed by atoms with Crippen molar-refractivity contribution >= 4 is 29.9 Å². The Morgan fingerprint density at radius 2 is 1.96 bits per heavy atom. The van der Waals surface area contributed by atoms with Crippen molar-refractivity contribution in [3.63, 3.8) is 0 Å². The molecular formula is C17H32IN5O. The summed E-state index contributed by atoms with van der Waals surface area (Å²) in [6, 6.07) is 0.749. The van der Waals surface area contributed by atoms with Gasteiger partial charge in [0.05, 0.1) is 12.2 Å². The van der Waals surface area contributed by atoms with Crippen LogP contribution in [0.2, 0.25) is 0 Å². The van der Waals surface area contributed by atoms with Gasteiger partial charge in [0.15, 0.2) is 5.96 Å². The second-order valence-corrected chi connectivity index (χ2v) is 6.37. The van der Waals surface area contributed by atoms with Crippen LogP contribution in [0.3, 0.4) is 0 Å². The molecule has 2 rings (SSSR count). The molecule has 6 nitrogen and oxygen atoms in total. The molecule has 0 spiro atoms. The summed E-state index contributed by atoms with van der Waals surface area (Å²) < 4.78 is 5.57. The Morgan fingerprint density at radius 3 is 2.54 bits per heavy atom. The molecule has 7 heteroatoms. The third-order valence-electron chi connectivity index (χ3n) is 4.66. The van der Waals surface area contributed by atoms with Crippen molar-refractivity contribution < 1.29 is 4.42 Å². The van der Waals surface area contributed by atoms with Crippen LogP contribution in [-0.2, 0) is 6.54 Å². The summed E-state index contributed by atoms with van der Waals surface area (Å²) in [5.41, 5.74) is 0.943. The fourth-order valence-corrected chi connectivity index (χ4v) is 3.05. The number of guanidine groups is 1. The SMILES string of the molecule is CN=C(NCCN(C)C1CCCCC1)NCc1nc(C)c(C)o1.I. The van der Waals surface area contributed by atoms with Gasteiger partial charge in [-0.25, -0.2) is 4.98 Å². The molecule has 138 valence electrons.